The number of rotatable bonds is 8. The molecule has 0 aliphatic carbocycles. The first-order valence-electron chi connectivity index (χ1n) is 8.96. The van der Waals surface area contributed by atoms with Crippen molar-refractivity contribution >= 4 is 29.9 Å². The van der Waals surface area contributed by atoms with Gasteiger partial charge in [-0.25, -0.2) is 0 Å². The fourth-order valence-electron chi connectivity index (χ4n) is 2.66. The van der Waals surface area contributed by atoms with Crippen LogP contribution in [0.25, 0.3) is 0 Å². The maximum Gasteiger partial charge on any atom is 0.191 e. The summed E-state index contributed by atoms with van der Waals surface area (Å²) >= 11 is 0. The van der Waals surface area contributed by atoms with Gasteiger partial charge in [0.1, 0.15) is 11.5 Å². The standard InChI is InChI=1S/C21H29N3O2.HI/c1-5-26-19-8-6-7-18(13-19)15-24-21(22-3)23-12-11-17-10-9-16(2)20(14-17)25-4;/h6-10,13-14H,5,11-12,15H2,1-4H3,(H2,22,23,24);1H. The van der Waals surface area contributed by atoms with E-state index in [1.54, 1.807) is 14.2 Å². The minimum Gasteiger partial charge on any atom is -0.496 e. The van der Waals surface area contributed by atoms with Crippen molar-refractivity contribution < 1.29 is 9.47 Å². The Labute approximate surface area is 179 Å². The molecule has 148 valence electrons. The average molecular weight is 483 g/mol. The number of aryl methyl sites for hydroxylation is 1. The second-order valence-electron chi connectivity index (χ2n) is 5.99. The fraction of sp³-hybridized carbons (Fsp3) is 0.381. The molecule has 2 aromatic rings. The largest absolute Gasteiger partial charge is 0.496 e. The summed E-state index contributed by atoms with van der Waals surface area (Å²) in [5, 5.41) is 6.68. The minimum atomic E-state index is 0. The maximum absolute atomic E-state index is 5.54. The Morgan fingerprint density at radius 3 is 2.59 bits per heavy atom. The van der Waals surface area contributed by atoms with Crippen molar-refractivity contribution in [2.75, 3.05) is 27.3 Å². The lowest BCUT2D eigenvalue weighted by Gasteiger charge is -2.13. The normalized spacial score (nSPS) is 10.7. The van der Waals surface area contributed by atoms with E-state index >= 15 is 0 Å². The SMILES string of the molecule is CCOc1cccc(CNC(=NC)NCCc2ccc(C)c(OC)c2)c1.I. The molecule has 2 N–H and O–H groups in total. The Morgan fingerprint density at radius 1 is 1.07 bits per heavy atom. The van der Waals surface area contributed by atoms with E-state index in [0.29, 0.717) is 13.2 Å². The van der Waals surface area contributed by atoms with Crippen LogP contribution in [0.2, 0.25) is 0 Å². The summed E-state index contributed by atoms with van der Waals surface area (Å²) in [5.74, 6) is 2.60. The van der Waals surface area contributed by atoms with Crippen molar-refractivity contribution in [3.8, 4) is 11.5 Å². The molecular formula is C21H30IN3O2. The maximum atomic E-state index is 5.54. The highest BCUT2D eigenvalue weighted by Crippen LogP contribution is 2.19. The topological polar surface area (TPSA) is 54.9 Å². The molecule has 2 rings (SSSR count). The van der Waals surface area contributed by atoms with Gasteiger partial charge in [0.05, 0.1) is 13.7 Å². The second kappa shape index (κ2) is 12.4. The Bertz CT molecular complexity index is 735. The van der Waals surface area contributed by atoms with Crippen molar-refractivity contribution in [3.63, 3.8) is 0 Å². The predicted octanol–water partition coefficient (Wildman–Crippen LogP) is 3.93. The molecule has 0 fully saturated rings. The molecule has 0 atom stereocenters. The van der Waals surface area contributed by atoms with E-state index in [0.717, 1.165) is 41.6 Å². The summed E-state index contributed by atoms with van der Waals surface area (Å²) in [5.41, 5.74) is 3.54. The van der Waals surface area contributed by atoms with E-state index < -0.39 is 0 Å². The number of halogens is 1. The second-order valence-corrected chi connectivity index (χ2v) is 5.99. The number of nitrogens with zero attached hydrogens (tertiary/aromatic N) is 1. The molecule has 6 heteroatoms. The Morgan fingerprint density at radius 2 is 1.89 bits per heavy atom. The van der Waals surface area contributed by atoms with Crippen LogP contribution in [0.15, 0.2) is 47.5 Å². The van der Waals surface area contributed by atoms with Gasteiger partial charge in [0, 0.05) is 20.1 Å². The predicted molar refractivity (Wildman–Crippen MR) is 123 cm³/mol. The lowest BCUT2D eigenvalue weighted by molar-refractivity contribution is 0.340. The number of aliphatic imine (C=N–C) groups is 1. The van der Waals surface area contributed by atoms with Gasteiger partial charge in [-0.15, -0.1) is 24.0 Å². The molecular weight excluding hydrogens is 453 g/mol. The molecule has 0 saturated heterocycles. The molecule has 27 heavy (non-hydrogen) atoms. The van der Waals surface area contributed by atoms with Gasteiger partial charge in [0.25, 0.3) is 0 Å². The van der Waals surface area contributed by atoms with Crippen molar-refractivity contribution in [1.82, 2.24) is 10.6 Å². The van der Waals surface area contributed by atoms with Crippen molar-refractivity contribution in [3.05, 3.63) is 59.2 Å². The molecule has 0 saturated carbocycles. The zero-order valence-corrected chi connectivity index (χ0v) is 18.9. The highest BCUT2D eigenvalue weighted by molar-refractivity contribution is 14.0. The van der Waals surface area contributed by atoms with Gasteiger partial charge in [-0.1, -0.05) is 24.3 Å². The van der Waals surface area contributed by atoms with E-state index in [2.05, 4.69) is 39.9 Å². The molecule has 0 heterocycles. The number of hydrogen-bond acceptors (Lipinski definition) is 3. The van der Waals surface area contributed by atoms with Gasteiger partial charge in [-0.05, 0) is 55.2 Å². The summed E-state index contributed by atoms with van der Waals surface area (Å²) in [6.45, 7) is 6.20. The Balaban J connectivity index is 0.00000364. The highest BCUT2D eigenvalue weighted by atomic mass is 127. The van der Waals surface area contributed by atoms with Crippen LogP contribution in [-0.4, -0.2) is 33.3 Å². The molecule has 0 unspecified atom stereocenters. The minimum absolute atomic E-state index is 0. The molecule has 0 radical (unpaired) electrons. The average Bonchev–Trinajstić information content (AvgIpc) is 2.66. The molecule has 0 aromatic heterocycles. The Hall–Kier alpha value is -1.96. The smallest absolute Gasteiger partial charge is 0.191 e. The molecule has 0 bridgehead atoms. The zero-order chi connectivity index (χ0) is 18.8. The molecule has 2 aromatic carbocycles. The molecule has 0 amide bonds. The van der Waals surface area contributed by atoms with Crippen LogP contribution < -0.4 is 20.1 Å². The lowest BCUT2D eigenvalue weighted by atomic mass is 10.1. The third kappa shape index (κ3) is 7.66. The summed E-state index contributed by atoms with van der Waals surface area (Å²) in [7, 11) is 3.48. The molecule has 0 aliphatic rings. The van der Waals surface area contributed by atoms with Gasteiger partial charge >= 0.3 is 0 Å². The number of hydrogen-bond donors (Lipinski definition) is 2. The summed E-state index contributed by atoms with van der Waals surface area (Å²) < 4.78 is 10.9. The number of methoxy groups -OCH3 is 1. The van der Waals surface area contributed by atoms with Gasteiger partial charge in [0.2, 0.25) is 0 Å². The van der Waals surface area contributed by atoms with Gasteiger partial charge in [-0.2, -0.15) is 0 Å². The van der Waals surface area contributed by atoms with Crippen LogP contribution in [0.1, 0.15) is 23.6 Å². The fourth-order valence-corrected chi connectivity index (χ4v) is 2.66. The van der Waals surface area contributed by atoms with Crippen molar-refractivity contribution in [2.24, 2.45) is 4.99 Å². The number of guanidine groups is 1. The molecule has 0 aliphatic heterocycles. The molecule has 0 spiro atoms. The summed E-state index contributed by atoms with van der Waals surface area (Å²) in [4.78, 5) is 4.28. The van der Waals surface area contributed by atoms with E-state index in [1.807, 2.05) is 32.0 Å². The van der Waals surface area contributed by atoms with Crippen molar-refractivity contribution in [1.29, 1.82) is 0 Å². The number of nitrogens with one attached hydrogen (secondary N) is 2. The van der Waals surface area contributed by atoms with E-state index in [4.69, 9.17) is 9.47 Å². The zero-order valence-electron chi connectivity index (χ0n) is 16.5. The van der Waals surface area contributed by atoms with E-state index in [-0.39, 0.29) is 24.0 Å². The van der Waals surface area contributed by atoms with Gasteiger partial charge in [0.15, 0.2) is 5.96 Å². The van der Waals surface area contributed by atoms with Crippen LogP contribution in [-0.2, 0) is 13.0 Å². The first-order chi connectivity index (χ1) is 12.7. The van der Waals surface area contributed by atoms with Crippen LogP contribution in [0.3, 0.4) is 0 Å². The first-order valence-corrected chi connectivity index (χ1v) is 8.96. The summed E-state index contributed by atoms with van der Waals surface area (Å²) in [6.07, 6.45) is 0.900. The van der Waals surface area contributed by atoms with Crippen LogP contribution >= 0.6 is 24.0 Å². The van der Waals surface area contributed by atoms with E-state index in [1.165, 1.54) is 5.56 Å². The van der Waals surface area contributed by atoms with Crippen LogP contribution in [0.4, 0.5) is 0 Å². The summed E-state index contributed by atoms with van der Waals surface area (Å²) in [6, 6.07) is 14.4. The number of ether oxygens (including phenoxy) is 2. The molecule has 5 nitrogen and oxygen atoms in total. The lowest BCUT2D eigenvalue weighted by Crippen LogP contribution is -2.37. The van der Waals surface area contributed by atoms with Crippen molar-refractivity contribution in [2.45, 2.75) is 26.8 Å². The van der Waals surface area contributed by atoms with Gasteiger partial charge < -0.3 is 20.1 Å². The quantitative estimate of drug-likeness (QED) is 0.340. The first kappa shape index (κ1) is 23.1. The van der Waals surface area contributed by atoms with E-state index in [9.17, 15) is 0 Å². The van der Waals surface area contributed by atoms with Crippen LogP contribution in [0, 0.1) is 6.92 Å². The highest BCUT2D eigenvalue weighted by Gasteiger charge is 2.03. The van der Waals surface area contributed by atoms with Crippen LogP contribution in [0.5, 0.6) is 11.5 Å². The number of benzene rings is 2. The Kier molecular flexibility index (Phi) is 10.6. The monoisotopic (exact) mass is 483 g/mol. The third-order valence-corrected chi connectivity index (χ3v) is 4.07. The van der Waals surface area contributed by atoms with Gasteiger partial charge in [-0.3, -0.25) is 4.99 Å². The third-order valence-electron chi connectivity index (χ3n) is 4.07.